The minimum atomic E-state index is -0.481. The number of carbonyl (C=O) groups excluding carboxylic acids is 1. The molecule has 0 unspecified atom stereocenters. The molecule has 0 atom stereocenters. The highest BCUT2D eigenvalue weighted by Crippen LogP contribution is 2.38. The van der Waals surface area contributed by atoms with E-state index < -0.39 is 5.60 Å². The number of benzene rings is 1. The third-order valence-corrected chi connectivity index (χ3v) is 3.99. The Morgan fingerprint density at radius 3 is 2.79 bits per heavy atom. The lowest BCUT2D eigenvalue weighted by atomic mass is 10.1. The average molecular weight is 260 g/mol. The second-order valence-corrected chi connectivity index (χ2v) is 5.85. The zero-order valence-electron chi connectivity index (χ0n) is 11.3. The second-order valence-electron chi connectivity index (χ2n) is 5.85. The maximum absolute atomic E-state index is 12.0. The van der Waals surface area contributed by atoms with Crippen molar-refractivity contribution < 1.29 is 9.90 Å². The summed E-state index contributed by atoms with van der Waals surface area (Å²) in [5.41, 5.74) is 1.59. The number of aliphatic hydroxyl groups is 1. The number of hydrogen-bond donors (Lipinski definition) is 1. The van der Waals surface area contributed by atoms with Crippen molar-refractivity contribution in [3.8, 4) is 0 Å². The Morgan fingerprint density at radius 1 is 1.32 bits per heavy atom. The van der Waals surface area contributed by atoms with Crippen molar-refractivity contribution in [2.75, 3.05) is 31.6 Å². The van der Waals surface area contributed by atoms with Crippen molar-refractivity contribution >= 4 is 11.6 Å². The summed E-state index contributed by atoms with van der Waals surface area (Å²) in [6.45, 7) is 2.12. The number of likely N-dealkylation sites (N-methyl/N-ethyl adjacent to an activating group) is 1. The number of hydrogen-bond acceptors (Lipinski definition) is 3. The fourth-order valence-electron chi connectivity index (χ4n) is 2.60. The quantitative estimate of drug-likeness (QED) is 0.883. The predicted octanol–water partition coefficient (Wildman–Crippen LogP) is 1.03. The van der Waals surface area contributed by atoms with Gasteiger partial charge in [0.05, 0.1) is 12.1 Å². The molecule has 1 amide bonds. The van der Waals surface area contributed by atoms with Gasteiger partial charge in [-0.05, 0) is 37.6 Å². The molecule has 2 fully saturated rings. The molecule has 0 spiro atoms. The molecular formula is C15H20N2O2. The third-order valence-electron chi connectivity index (χ3n) is 3.99. The normalized spacial score (nSPS) is 22.6. The van der Waals surface area contributed by atoms with E-state index >= 15 is 0 Å². The Bertz CT molecular complexity index is 497. The number of rotatable bonds is 3. The van der Waals surface area contributed by atoms with Crippen LogP contribution < -0.4 is 4.90 Å². The summed E-state index contributed by atoms with van der Waals surface area (Å²) >= 11 is 0. The minimum absolute atomic E-state index is 0.149. The Hall–Kier alpha value is -1.39. The Morgan fingerprint density at radius 2 is 2.11 bits per heavy atom. The second kappa shape index (κ2) is 4.62. The van der Waals surface area contributed by atoms with Crippen LogP contribution in [0.3, 0.4) is 0 Å². The van der Waals surface area contributed by atoms with Crippen molar-refractivity contribution in [2.24, 2.45) is 0 Å². The minimum Gasteiger partial charge on any atom is -0.390 e. The fraction of sp³-hybridized carbons (Fsp3) is 0.533. The van der Waals surface area contributed by atoms with Crippen LogP contribution in [0.2, 0.25) is 0 Å². The summed E-state index contributed by atoms with van der Waals surface area (Å²) in [7, 11) is 1.97. The van der Waals surface area contributed by atoms with Crippen molar-refractivity contribution in [1.82, 2.24) is 4.90 Å². The molecule has 1 heterocycles. The largest absolute Gasteiger partial charge is 0.390 e. The van der Waals surface area contributed by atoms with Gasteiger partial charge in [0, 0.05) is 25.2 Å². The van der Waals surface area contributed by atoms with Crippen LogP contribution >= 0.6 is 0 Å². The highest BCUT2D eigenvalue weighted by atomic mass is 16.3. The van der Waals surface area contributed by atoms with Gasteiger partial charge in [-0.3, -0.25) is 9.69 Å². The number of piperazine rings is 1. The Labute approximate surface area is 113 Å². The molecule has 0 radical (unpaired) electrons. The Balaban J connectivity index is 1.77. The van der Waals surface area contributed by atoms with E-state index in [1.54, 1.807) is 0 Å². The van der Waals surface area contributed by atoms with Crippen LogP contribution in [0.5, 0.6) is 0 Å². The molecule has 2 aliphatic rings. The van der Waals surface area contributed by atoms with E-state index in [-0.39, 0.29) is 5.91 Å². The number of anilines is 1. The molecule has 0 bridgehead atoms. The molecule has 19 heavy (non-hydrogen) atoms. The molecule has 0 aromatic heterocycles. The molecule has 102 valence electrons. The standard InChI is InChI=1S/C15H20N2O2/c1-16-7-8-17(14(18)11-16)13-4-2-3-12(9-13)10-15(19)5-6-15/h2-4,9,19H,5-8,10-11H2,1H3. The van der Waals surface area contributed by atoms with Gasteiger partial charge in [-0.25, -0.2) is 0 Å². The monoisotopic (exact) mass is 260 g/mol. The third kappa shape index (κ3) is 2.80. The fourth-order valence-corrected chi connectivity index (χ4v) is 2.60. The van der Waals surface area contributed by atoms with Gasteiger partial charge in [0.1, 0.15) is 0 Å². The lowest BCUT2D eigenvalue weighted by Gasteiger charge is -2.32. The van der Waals surface area contributed by atoms with Crippen molar-refractivity contribution in [2.45, 2.75) is 24.9 Å². The van der Waals surface area contributed by atoms with Gasteiger partial charge in [0.25, 0.3) is 0 Å². The zero-order valence-corrected chi connectivity index (χ0v) is 11.3. The van der Waals surface area contributed by atoms with Gasteiger partial charge in [0.15, 0.2) is 0 Å². The van der Waals surface area contributed by atoms with E-state index in [0.717, 1.165) is 37.2 Å². The molecular weight excluding hydrogens is 240 g/mol. The van der Waals surface area contributed by atoms with Crippen LogP contribution in [-0.4, -0.2) is 48.2 Å². The highest BCUT2D eigenvalue weighted by molar-refractivity contribution is 5.95. The van der Waals surface area contributed by atoms with Crippen molar-refractivity contribution in [3.63, 3.8) is 0 Å². The van der Waals surface area contributed by atoms with Gasteiger partial charge in [0.2, 0.25) is 5.91 Å². The van der Waals surface area contributed by atoms with E-state index in [9.17, 15) is 9.90 Å². The number of amides is 1. The van der Waals surface area contributed by atoms with Crippen LogP contribution in [0.4, 0.5) is 5.69 Å². The van der Waals surface area contributed by atoms with E-state index in [0.29, 0.717) is 13.0 Å². The predicted molar refractivity (Wildman–Crippen MR) is 74.2 cm³/mol. The summed E-state index contributed by atoms with van der Waals surface area (Å²) in [4.78, 5) is 15.9. The number of nitrogens with zero attached hydrogens (tertiary/aromatic N) is 2. The van der Waals surface area contributed by atoms with E-state index in [2.05, 4.69) is 0 Å². The first-order chi connectivity index (χ1) is 9.06. The number of carbonyl (C=O) groups is 1. The zero-order chi connectivity index (χ0) is 13.5. The van der Waals surface area contributed by atoms with Crippen LogP contribution in [-0.2, 0) is 11.2 Å². The van der Waals surface area contributed by atoms with Crippen LogP contribution in [0, 0.1) is 0 Å². The van der Waals surface area contributed by atoms with Crippen molar-refractivity contribution in [1.29, 1.82) is 0 Å². The first-order valence-electron chi connectivity index (χ1n) is 6.86. The smallest absolute Gasteiger partial charge is 0.241 e. The lowest BCUT2D eigenvalue weighted by molar-refractivity contribution is -0.120. The molecule has 1 aromatic rings. The first kappa shape index (κ1) is 12.6. The molecule has 1 saturated carbocycles. The molecule has 1 saturated heterocycles. The van der Waals surface area contributed by atoms with Gasteiger partial charge in [-0.1, -0.05) is 12.1 Å². The summed E-state index contributed by atoms with van der Waals surface area (Å²) in [5.74, 6) is 0.149. The molecule has 1 aromatic carbocycles. The molecule has 1 N–H and O–H groups in total. The van der Waals surface area contributed by atoms with Gasteiger partial charge in [-0.15, -0.1) is 0 Å². The van der Waals surface area contributed by atoms with E-state index in [1.165, 1.54) is 0 Å². The molecule has 4 heteroatoms. The molecule has 1 aliphatic carbocycles. The topological polar surface area (TPSA) is 43.8 Å². The summed E-state index contributed by atoms with van der Waals surface area (Å²) in [5, 5.41) is 9.98. The SMILES string of the molecule is CN1CCN(c2cccc(CC3(O)CC3)c2)C(=O)C1. The maximum Gasteiger partial charge on any atom is 0.241 e. The summed E-state index contributed by atoms with van der Waals surface area (Å²) < 4.78 is 0. The lowest BCUT2D eigenvalue weighted by Crippen LogP contribution is -2.48. The summed E-state index contributed by atoms with van der Waals surface area (Å²) in [6.07, 6.45) is 2.48. The molecule has 4 nitrogen and oxygen atoms in total. The van der Waals surface area contributed by atoms with Gasteiger partial charge < -0.3 is 10.0 Å². The molecule has 1 aliphatic heterocycles. The Kier molecular flexibility index (Phi) is 3.07. The highest BCUT2D eigenvalue weighted by Gasteiger charge is 2.40. The average Bonchev–Trinajstić information content (AvgIpc) is 3.07. The maximum atomic E-state index is 12.0. The van der Waals surface area contributed by atoms with Crippen molar-refractivity contribution in [3.05, 3.63) is 29.8 Å². The van der Waals surface area contributed by atoms with E-state index in [1.807, 2.05) is 41.1 Å². The van der Waals surface area contributed by atoms with Crippen LogP contribution in [0.1, 0.15) is 18.4 Å². The van der Waals surface area contributed by atoms with Crippen LogP contribution in [0.25, 0.3) is 0 Å². The molecule has 3 rings (SSSR count). The van der Waals surface area contributed by atoms with E-state index in [4.69, 9.17) is 0 Å². The first-order valence-corrected chi connectivity index (χ1v) is 6.86. The van der Waals surface area contributed by atoms with Gasteiger partial charge in [-0.2, -0.15) is 0 Å². The van der Waals surface area contributed by atoms with Crippen LogP contribution in [0.15, 0.2) is 24.3 Å². The summed E-state index contributed by atoms with van der Waals surface area (Å²) in [6, 6.07) is 8.02. The van der Waals surface area contributed by atoms with Gasteiger partial charge >= 0.3 is 0 Å².